The molecule has 3 amide bonds. The quantitative estimate of drug-likeness (QED) is 0.384. The first kappa shape index (κ1) is 28.3. The fraction of sp³-hybridized carbons (Fsp3) is 0.692. The standard InChI is InChI=1S/C26H42ClN5O4/c1-28-17-22(15-20-7-5-14-36-19-20)30-25(33)31-12-4-10-24(18-31)32(13-6-11-29-26(34)35-2)23-9-3-8-21(27)16-23/h3,8-9,16,20,22,24,28H,4-7,10-15,17-19H2,1-2H3,(H,29,34)(H,30,33)/t20-,22+,24?/m1/s1. The monoisotopic (exact) mass is 523 g/mol. The largest absolute Gasteiger partial charge is 0.453 e. The Morgan fingerprint density at radius 2 is 2.17 bits per heavy atom. The predicted octanol–water partition coefficient (Wildman–Crippen LogP) is 3.47. The first-order valence-corrected chi connectivity index (χ1v) is 13.5. The summed E-state index contributed by atoms with van der Waals surface area (Å²) in [5, 5.41) is 9.93. The van der Waals surface area contributed by atoms with E-state index in [1.54, 1.807) is 0 Å². The number of urea groups is 1. The molecule has 0 aliphatic carbocycles. The molecule has 202 valence electrons. The van der Waals surface area contributed by atoms with E-state index in [0.29, 0.717) is 24.0 Å². The Hall–Kier alpha value is -2.23. The van der Waals surface area contributed by atoms with E-state index in [1.807, 2.05) is 36.2 Å². The van der Waals surface area contributed by atoms with Gasteiger partial charge >= 0.3 is 12.1 Å². The van der Waals surface area contributed by atoms with E-state index in [4.69, 9.17) is 16.3 Å². The summed E-state index contributed by atoms with van der Waals surface area (Å²) >= 11 is 6.31. The molecule has 0 aromatic heterocycles. The van der Waals surface area contributed by atoms with Crippen LogP contribution in [0.4, 0.5) is 15.3 Å². The minimum atomic E-state index is -0.430. The zero-order chi connectivity index (χ0) is 25.8. The normalized spacial score (nSPS) is 20.9. The van der Waals surface area contributed by atoms with Gasteiger partial charge < -0.3 is 35.2 Å². The maximum Gasteiger partial charge on any atom is 0.406 e. The molecule has 1 aromatic rings. The Morgan fingerprint density at radius 1 is 1.31 bits per heavy atom. The van der Waals surface area contributed by atoms with E-state index in [0.717, 1.165) is 77.1 Å². The lowest BCUT2D eigenvalue weighted by Gasteiger charge is -2.41. The van der Waals surface area contributed by atoms with Gasteiger partial charge in [-0.25, -0.2) is 9.59 Å². The summed E-state index contributed by atoms with van der Waals surface area (Å²) in [6.45, 7) is 4.99. The van der Waals surface area contributed by atoms with Crippen molar-refractivity contribution in [2.24, 2.45) is 5.92 Å². The number of carbonyl (C=O) groups is 2. The third kappa shape index (κ3) is 9.01. The fourth-order valence-corrected chi connectivity index (χ4v) is 5.37. The van der Waals surface area contributed by atoms with Gasteiger partial charge in [-0.1, -0.05) is 17.7 Å². The summed E-state index contributed by atoms with van der Waals surface area (Å²) in [5.74, 6) is 0.489. The van der Waals surface area contributed by atoms with Crippen molar-refractivity contribution >= 4 is 29.4 Å². The van der Waals surface area contributed by atoms with Gasteiger partial charge in [0.15, 0.2) is 0 Å². The number of piperidine rings is 1. The van der Waals surface area contributed by atoms with Crippen molar-refractivity contribution in [2.75, 3.05) is 65.0 Å². The topological polar surface area (TPSA) is 95.2 Å². The molecular formula is C26H42ClN5O4. The highest BCUT2D eigenvalue weighted by atomic mass is 35.5. The molecule has 3 N–H and O–H groups in total. The minimum Gasteiger partial charge on any atom is -0.453 e. The number of hydrogen-bond donors (Lipinski definition) is 3. The van der Waals surface area contributed by atoms with Gasteiger partial charge in [-0.3, -0.25) is 0 Å². The number of likely N-dealkylation sites (N-methyl/N-ethyl adjacent to an activating group) is 1. The van der Waals surface area contributed by atoms with Crippen LogP contribution in [0.3, 0.4) is 0 Å². The Labute approximate surface area is 220 Å². The number of hydrogen-bond acceptors (Lipinski definition) is 6. The molecule has 2 heterocycles. The Balaban J connectivity index is 1.62. The zero-order valence-electron chi connectivity index (χ0n) is 21.6. The number of halogens is 1. The zero-order valence-corrected chi connectivity index (χ0v) is 22.4. The number of likely N-dealkylation sites (tertiary alicyclic amines) is 1. The van der Waals surface area contributed by atoms with E-state index in [1.165, 1.54) is 7.11 Å². The van der Waals surface area contributed by atoms with Gasteiger partial charge in [-0.15, -0.1) is 0 Å². The van der Waals surface area contributed by atoms with Crippen LogP contribution in [0.1, 0.15) is 38.5 Å². The minimum absolute atomic E-state index is 0.00456. The van der Waals surface area contributed by atoms with Gasteiger partial charge in [0.05, 0.1) is 7.11 Å². The van der Waals surface area contributed by atoms with Crippen LogP contribution in [0.2, 0.25) is 5.02 Å². The highest BCUT2D eigenvalue weighted by molar-refractivity contribution is 6.30. The third-order valence-corrected chi connectivity index (χ3v) is 7.18. The van der Waals surface area contributed by atoms with Gasteiger partial charge in [-0.05, 0) is 69.7 Å². The van der Waals surface area contributed by atoms with Crippen LogP contribution in [0.15, 0.2) is 24.3 Å². The van der Waals surface area contributed by atoms with Crippen LogP contribution < -0.4 is 20.9 Å². The molecule has 0 bridgehead atoms. The molecule has 3 rings (SSSR count). The number of amides is 3. The fourth-order valence-electron chi connectivity index (χ4n) is 5.18. The highest BCUT2D eigenvalue weighted by Gasteiger charge is 2.30. The molecule has 36 heavy (non-hydrogen) atoms. The lowest BCUT2D eigenvalue weighted by atomic mass is 9.94. The molecule has 9 nitrogen and oxygen atoms in total. The summed E-state index contributed by atoms with van der Waals surface area (Å²) in [4.78, 5) is 29.0. The number of methoxy groups -OCH3 is 1. The molecule has 2 fully saturated rings. The summed E-state index contributed by atoms with van der Waals surface area (Å²) in [5.41, 5.74) is 1.03. The van der Waals surface area contributed by atoms with Gasteiger partial charge in [0.1, 0.15) is 0 Å². The number of rotatable bonds is 11. The number of ether oxygens (including phenoxy) is 2. The molecule has 0 radical (unpaired) electrons. The smallest absolute Gasteiger partial charge is 0.406 e. The summed E-state index contributed by atoms with van der Waals surface area (Å²) in [7, 11) is 3.28. The number of alkyl carbamates (subject to hydrolysis) is 1. The van der Waals surface area contributed by atoms with Crippen molar-refractivity contribution in [3.05, 3.63) is 29.3 Å². The second kappa shape index (κ2) is 15.1. The molecule has 2 aliphatic heterocycles. The van der Waals surface area contributed by atoms with Crippen molar-refractivity contribution in [1.29, 1.82) is 0 Å². The van der Waals surface area contributed by atoms with Gasteiger partial charge in [0, 0.05) is 68.7 Å². The van der Waals surface area contributed by atoms with E-state index in [-0.39, 0.29) is 18.1 Å². The van der Waals surface area contributed by atoms with Crippen molar-refractivity contribution in [2.45, 2.75) is 50.6 Å². The van der Waals surface area contributed by atoms with E-state index < -0.39 is 6.09 Å². The van der Waals surface area contributed by atoms with Gasteiger partial charge in [0.2, 0.25) is 0 Å². The maximum atomic E-state index is 13.3. The molecule has 2 saturated heterocycles. The second-order valence-electron chi connectivity index (χ2n) is 9.71. The summed E-state index contributed by atoms with van der Waals surface area (Å²) in [6, 6.07) is 8.05. The number of anilines is 1. The second-order valence-corrected chi connectivity index (χ2v) is 10.1. The molecule has 0 spiro atoms. The average Bonchev–Trinajstić information content (AvgIpc) is 2.89. The van der Waals surface area contributed by atoms with Crippen LogP contribution in [0, 0.1) is 5.92 Å². The van der Waals surface area contributed by atoms with Crippen LogP contribution in [0.5, 0.6) is 0 Å². The summed E-state index contributed by atoms with van der Waals surface area (Å²) in [6.07, 6.45) is 5.40. The maximum absolute atomic E-state index is 13.3. The van der Waals surface area contributed by atoms with E-state index >= 15 is 0 Å². The number of nitrogens with zero attached hydrogens (tertiary/aromatic N) is 2. The Morgan fingerprint density at radius 3 is 2.89 bits per heavy atom. The first-order valence-electron chi connectivity index (χ1n) is 13.1. The Bertz CT molecular complexity index is 823. The van der Waals surface area contributed by atoms with Gasteiger partial charge in [-0.2, -0.15) is 0 Å². The number of benzene rings is 1. The SMILES string of the molecule is CNC[C@H](C[C@H]1CCCOC1)NC(=O)N1CCCC(N(CCCNC(=O)OC)c2cccc(Cl)c2)C1. The average molecular weight is 524 g/mol. The predicted molar refractivity (Wildman–Crippen MR) is 143 cm³/mol. The molecule has 10 heteroatoms. The van der Waals surface area contributed by atoms with Crippen LogP contribution >= 0.6 is 11.6 Å². The molecule has 3 atom stereocenters. The highest BCUT2D eigenvalue weighted by Crippen LogP contribution is 2.26. The van der Waals surface area contributed by atoms with Crippen molar-refractivity contribution in [3.8, 4) is 0 Å². The lowest BCUT2D eigenvalue weighted by molar-refractivity contribution is 0.0476. The molecule has 1 aromatic carbocycles. The summed E-state index contributed by atoms with van der Waals surface area (Å²) < 4.78 is 10.3. The molecule has 0 saturated carbocycles. The third-order valence-electron chi connectivity index (χ3n) is 6.95. The lowest BCUT2D eigenvalue weighted by Crippen LogP contribution is -2.55. The molecule has 1 unspecified atom stereocenters. The first-order chi connectivity index (χ1) is 17.5. The van der Waals surface area contributed by atoms with E-state index in [9.17, 15) is 9.59 Å². The number of nitrogens with one attached hydrogen (secondary N) is 3. The number of carbonyl (C=O) groups excluding carboxylic acids is 2. The van der Waals surface area contributed by atoms with Crippen molar-refractivity contribution in [1.82, 2.24) is 20.9 Å². The van der Waals surface area contributed by atoms with Crippen LogP contribution in [-0.2, 0) is 9.47 Å². The molecule has 2 aliphatic rings. The van der Waals surface area contributed by atoms with Crippen molar-refractivity contribution < 1.29 is 19.1 Å². The van der Waals surface area contributed by atoms with Crippen LogP contribution in [0.25, 0.3) is 0 Å². The van der Waals surface area contributed by atoms with Gasteiger partial charge in [0.25, 0.3) is 0 Å². The Kier molecular flexibility index (Phi) is 11.9. The van der Waals surface area contributed by atoms with Crippen LogP contribution in [-0.4, -0.2) is 89.2 Å². The van der Waals surface area contributed by atoms with Crippen molar-refractivity contribution in [3.63, 3.8) is 0 Å². The molecular weight excluding hydrogens is 482 g/mol. The van der Waals surface area contributed by atoms with E-state index in [2.05, 4.69) is 25.6 Å².